The summed E-state index contributed by atoms with van der Waals surface area (Å²) < 4.78 is 16.1. The normalized spacial score (nSPS) is 10.1. The van der Waals surface area contributed by atoms with Gasteiger partial charge in [-0.1, -0.05) is 18.2 Å². The molecule has 3 N–H and O–H groups in total. The Balaban J connectivity index is 1.69. The zero-order chi connectivity index (χ0) is 21.2. The average Bonchev–Trinajstić information content (AvgIpc) is 2.73. The Kier molecular flexibility index (Phi) is 8.54. The molecule has 0 aliphatic carbocycles. The van der Waals surface area contributed by atoms with Gasteiger partial charge in [0, 0.05) is 6.54 Å². The molecule has 0 heterocycles. The van der Waals surface area contributed by atoms with Crippen LogP contribution < -0.4 is 30.4 Å². The van der Waals surface area contributed by atoms with E-state index in [9.17, 15) is 4.79 Å². The molecule has 156 valence electrons. The van der Waals surface area contributed by atoms with Crippen LogP contribution >= 0.6 is 12.2 Å². The van der Waals surface area contributed by atoms with E-state index in [2.05, 4.69) is 16.2 Å². The Hall–Kier alpha value is -3.00. The third kappa shape index (κ3) is 6.83. The highest BCUT2D eigenvalue weighted by atomic mass is 32.1. The average molecular weight is 418 g/mol. The maximum atomic E-state index is 11.9. The number of benzene rings is 2. The molecule has 1 amide bonds. The lowest BCUT2D eigenvalue weighted by atomic mass is 10.1. The van der Waals surface area contributed by atoms with Gasteiger partial charge in [-0.3, -0.25) is 15.6 Å². The van der Waals surface area contributed by atoms with Gasteiger partial charge in [-0.15, -0.1) is 0 Å². The Morgan fingerprint density at radius 3 is 2.48 bits per heavy atom. The molecule has 0 radical (unpaired) electrons. The van der Waals surface area contributed by atoms with E-state index in [0.29, 0.717) is 28.9 Å². The number of hydrogen-bond donors (Lipinski definition) is 3. The van der Waals surface area contributed by atoms with Crippen LogP contribution in [0, 0.1) is 13.8 Å². The molecule has 0 saturated carbocycles. The topological polar surface area (TPSA) is 80.9 Å². The fourth-order valence-electron chi connectivity index (χ4n) is 2.59. The summed E-state index contributed by atoms with van der Waals surface area (Å²) in [5.74, 6) is 1.74. The number of amides is 1. The molecule has 0 spiro atoms. The van der Waals surface area contributed by atoms with E-state index in [0.717, 1.165) is 23.1 Å². The van der Waals surface area contributed by atoms with Gasteiger partial charge in [0.1, 0.15) is 5.75 Å². The second-order valence-electron chi connectivity index (χ2n) is 6.36. The van der Waals surface area contributed by atoms with Crippen molar-refractivity contribution in [2.24, 2.45) is 0 Å². The molecule has 8 heteroatoms. The third-order valence-electron chi connectivity index (χ3n) is 4.38. The number of thiocarbonyl (C=S) groups is 1. The van der Waals surface area contributed by atoms with Crippen molar-refractivity contribution in [1.82, 2.24) is 16.2 Å². The number of rotatable bonds is 8. The van der Waals surface area contributed by atoms with Crippen molar-refractivity contribution in [2.45, 2.75) is 20.3 Å². The summed E-state index contributed by atoms with van der Waals surface area (Å²) in [6, 6.07) is 11.5. The number of carbonyl (C=O) groups is 1. The second-order valence-corrected chi connectivity index (χ2v) is 6.76. The maximum absolute atomic E-state index is 11.9. The molecule has 0 atom stereocenters. The highest BCUT2D eigenvalue weighted by Crippen LogP contribution is 2.27. The molecule has 0 bridgehead atoms. The molecular weight excluding hydrogens is 390 g/mol. The number of hydrogen-bond acceptors (Lipinski definition) is 5. The second kappa shape index (κ2) is 11.1. The van der Waals surface area contributed by atoms with Gasteiger partial charge >= 0.3 is 0 Å². The minimum absolute atomic E-state index is 0.106. The van der Waals surface area contributed by atoms with E-state index in [4.69, 9.17) is 26.4 Å². The van der Waals surface area contributed by atoms with Gasteiger partial charge in [0.25, 0.3) is 5.91 Å². The van der Waals surface area contributed by atoms with Crippen LogP contribution in [-0.2, 0) is 11.2 Å². The summed E-state index contributed by atoms with van der Waals surface area (Å²) in [7, 11) is 3.20. The van der Waals surface area contributed by atoms with Crippen LogP contribution in [-0.4, -0.2) is 38.4 Å². The monoisotopic (exact) mass is 417 g/mol. The number of nitrogens with one attached hydrogen (secondary N) is 3. The molecule has 2 rings (SSSR count). The first kappa shape index (κ1) is 22.3. The Morgan fingerprint density at radius 1 is 1.00 bits per heavy atom. The van der Waals surface area contributed by atoms with Gasteiger partial charge < -0.3 is 19.5 Å². The summed E-state index contributed by atoms with van der Waals surface area (Å²) in [5, 5.41) is 3.36. The lowest BCUT2D eigenvalue weighted by molar-refractivity contribution is -0.123. The van der Waals surface area contributed by atoms with Gasteiger partial charge in [0.15, 0.2) is 23.2 Å². The fraction of sp³-hybridized carbons (Fsp3) is 0.333. The van der Waals surface area contributed by atoms with Crippen LogP contribution in [0.4, 0.5) is 0 Å². The van der Waals surface area contributed by atoms with Crippen molar-refractivity contribution in [3.05, 3.63) is 53.1 Å². The van der Waals surface area contributed by atoms with Crippen LogP contribution in [0.15, 0.2) is 36.4 Å². The number of hydrazine groups is 1. The van der Waals surface area contributed by atoms with Gasteiger partial charge in [0.2, 0.25) is 0 Å². The number of aryl methyl sites for hydroxylation is 1. The first-order chi connectivity index (χ1) is 13.9. The minimum Gasteiger partial charge on any atom is -0.493 e. The predicted octanol–water partition coefficient (Wildman–Crippen LogP) is 2.44. The molecule has 2 aromatic rings. The van der Waals surface area contributed by atoms with Gasteiger partial charge in [0.05, 0.1) is 14.2 Å². The highest BCUT2D eigenvalue weighted by molar-refractivity contribution is 7.80. The summed E-state index contributed by atoms with van der Waals surface area (Å²) in [6.45, 7) is 4.44. The molecule has 0 aliphatic rings. The van der Waals surface area contributed by atoms with Crippen LogP contribution in [0.1, 0.15) is 16.7 Å². The van der Waals surface area contributed by atoms with E-state index in [-0.39, 0.29) is 12.5 Å². The van der Waals surface area contributed by atoms with E-state index in [1.807, 2.05) is 50.2 Å². The highest BCUT2D eigenvalue weighted by Gasteiger charge is 2.07. The fourth-order valence-corrected chi connectivity index (χ4v) is 2.74. The molecule has 29 heavy (non-hydrogen) atoms. The lowest BCUT2D eigenvalue weighted by Crippen LogP contribution is -2.48. The largest absolute Gasteiger partial charge is 0.493 e. The molecule has 0 fully saturated rings. The zero-order valence-electron chi connectivity index (χ0n) is 17.1. The smallest absolute Gasteiger partial charge is 0.276 e. The molecule has 0 aliphatic heterocycles. The molecule has 7 nitrogen and oxygen atoms in total. The van der Waals surface area contributed by atoms with Gasteiger partial charge in [-0.05, 0) is 67.4 Å². The van der Waals surface area contributed by atoms with E-state index in [1.54, 1.807) is 14.2 Å². The number of ether oxygens (including phenoxy) is 3. The quantitative estimate of drug-likeness (QED) is 0.450. The third-order valence-corrected chi connectivity index (χ3v) is 4.62. The van der Waals surface area contributed by atoms with Crippen molar-refractivity contribution >= 4 is 23.2 Å². The summed E-state index contributed by atoms with van der Waals surface area (Å²) >= 11 is 5.17. The number of methoxy groups -OCH3 is 2. The number of carbonyl (C=O) groups excluding carboxylic acids is 1. The summed E-state index contributed by atoms with van der Waals surface area (Å²) in [6.07, 6.45) is 0.728. The lowest BCUT2D eigenvalue weighted by Gasteiger charge is -2.14. The van der Waals surface area contributed by atoms with Crippen LogP contribution in [0.2, 0.25) is 0 Å². The van der Waals surface area contributed by atoms with Crippen LogP contribution in [0.3, 0.4) is 0 Å². The maximum Gasteiger partial charge on any atom is 0.276 e. The summed E-state index contributed by atoms with van der Waals surface area (Å²) in [4.78, 5) is 11.9. The molecule has 0 saturated heterocycles. The first-order valence-corrected chi connectivity index (χ1v) is 9.58. The minimum atomic E-state index is -0.324. The van der Waals surface area contributed by atoms with Crippen molar-refractivity contribution < 1.29 is 19.0 Å². The molecule has 0 unspecified atom stereocenters. The van der Waals surface area contributed by atoms with Crippen LogP contribution in [0.5, 0.6) is 17.2 Å². The molecule has 0 aromatic heterocycles. The zero-order valence-corrected chi connectivity index (χ0v) is 17.9. The predicted molar refractivity (Wildman–Crippen MR) is 117 cm³/mol. The van der Waals surface area contributed by atoms with E-state index < -0.39 is 0 Å². The van der Waals surface area contributed by atoms with E-state index in [1.165, 1.54) is 0 Å². The van der Waals surface area contributed by atoms with Gasteiger partial charge in [-0.25, -0.2) is 0 Å². The van der Waals surface area contributed by atoms with Crippen molar-refractivity contribution in [3.8, 4) is 17.2 Å². The summed E-state index contributed by atoms with van der Waals surface area (Å²) in [5.41, 5.74) is 8.38. The standard InChI is InChI=1S/C21H27N3O4S/c1-14-6-5-7-17(15(14)2)28-13-20(25)23-24-21(29)22-11-10-16-8-9-18(26-3)19(12-16)27-4/h5-9,12H,10-11,13H2,1-4H3,(H,23,25)(H2,22,24,29). The van der Waals surface area contributed by atoms with Crippen molar-refractivity contribution in [2.75, 3.05) is 27.4 Å². The Morgan fingerprint density at radius 2 is 1.76 bits per heavy atom. The van der Waals surface area contributed by atoms with E-state index >= 15 is 0 Å². The van der Waals surface area contributed by atoms with Gasteiger partial charge in [-0.2, -0.15) is 0 Å². The first-order valence-electron chi connectivity index (χ1n) is 9.17. The Bertz CT molecular complexity index is 858. The van der Waals surface area contributed by atoms with Crippen molar-refractivity contribution in [1.29, 1.82) is 0 Å². The SMILES string of the molecule is COc1ccc(CCNC(=S)NNC(=O)COc2cccc(C)c2C)cc1OC. The van der Waals surface area contributed by atoms with Crippen molar-refractivity contribution in [3.63, 3.8) is 0 Å². The molecular formula is C21H27N3O4S. The van der Waals surface area contributed by atoms with Crippen LogP contribution in [0.25, 0.3) is 0 Å². The Labute approximate surface area is 176 Å². The molecule has 2 aromatic carbocycles.